The van der Waals surface area contributed by atoms with Crippen molar-refractivity contribution in [1.29, 1.82) is 0 Å². The van der Waals surface area contributed by atoms with Gasteiger partial charge >= 0.3 is 0 Å². The van der Waals surface area contributed by atoms with E-state index in [2.05, 4.69) is 43.2 Å². The zero-order valence-corrected chi connectivity index (χ0v) is 15.9. The molecular weight excluding hydrogens is 341 g/mol. The topological polar surface area (TPSA) is 57.8 Å². The number of nitrogens with zero attached hydrogens (tertiary/aromatic N) is 1. The summed E-state index contributed by atoms with van der Waals surface area (Å²) in [7, 11) is 0. The van der Waals surface area contributed by atoms with Crippen molar-refractivity contribution in [2.45, 2.75) is 58.9 Å². The molecule has 1 aromatic heterocycles. The molecule has 0 aliphatic carbocycles. The Balaban J connectivity index is 1.97. The van der Waals surface area contributed by atoms with E-state index in [0.717, 1.165) is 17.0 Å². The second-order valence-corrected chi connectivity index (χ2v) is 7.23. The van der Waals surface area contributed by atoms with Crippen LogP contribution in [0.25, 0.3) is 0 Å². The Morgan fingerprint density at radius 1 is 1.28 bits per heavy atom. The van der Waals surface area contributed by atoms with Gasteiger partial charge in [-0.2, -0.15) is 5.10 Å². The number of halogens is 2. The van der Waals surface area contributed by atoms with Gasteiger partial charge in [0.1, 0.15) is 5.82 Å². The van der Waals surface area contributed by atoms with Crippen molar-refractivity contribution in [2.75, 3.05) is 0 Å². The first kappa shape index (κ1) is 19.4. The lowest BCUT2D eigenvalue weighted by molar-refractivity contribution is -0.121. The fourth-order valence-corrected chi connectivity index (χ4v) is 3.03. The van der Waals surface area contributed by atoms with Gasteiger partial charge in [0.05, 0.1) is 5.69 Å². The quantitative estimate of drug-likeness (QED) is 0.747. The van der Waals surface area contributed by atoms with Crippen LogP contribution in [-0.2, 0) is 17.8 Å². The second-order valence-electron chi connectivity index (χ2n) is 6.82. The minimum atomic E-state index is -0.387. The van der Waals surface area contributed by atoms with Crippen molar-refractivity contribution in [3.05, 3.63) is 51.6 Å². The number of rotatable bonds is 7. The van der Waals surface area contributed by atoms with E-state index in [4.69, 9.17) is 11.6 Å². The molecule has 136 valence electrons. The van der Waals surface area contributed by atoms with Crippen LogP contribution in [0.4, 0.5) is 4.39 Å². The predicted octanol–water partition coefficient (Wildman–Crippen LogP) is 4.70. The number of hydrogen-bond donors (Lipinski definition) is 2. The molecule has 1 aromatic carbocycles. The van der Waals surface area contributed by atoms with E-state index in [1.807, 2.05) is 0 Å². The number of amides is 1. The molecule has 0 saturated carbocycles. The van der Waals surface area contributed by atoms with Gasteiger partial charge in [-0.05, 0) is 41.5 Å². The van der Waals surface area contributed by atoms with E-state index >= 15 is 0 Å². The van der Waals surface area contributed by atoms with Gasteiger partial charge < -0.3 is 5.32 Å². The zero-order chi connectivity index (χ0) is 18.6. The summed E-state index contributed by atoms with van der Waals surface area (Å²) >= 11 is 5.98. The third-order valence-electron chi connectivity index (χ3n) is 4.15. The normalized spacial score (nSPS) is 11.4. The Kier molecular flexibility index (Phi) is 6.59. The van der Waals surface area contributed by atoms with Crippen LogP contribution in [0.2, 0.25) is 5.02 Å². The monoisotopic (exact) mass is 365 g/mol. The van der Waals surface area contributed by atoms with E-state index in [9.17, 15) is 9.18 Å². The van der Waals surface area contributed by atoms with Crippen LogP contribution < -0.4 is 5.32 Å². The van der Waals surface area contributed by atoms with Crippen molar-refractivity contribution in [3.63, 3.8) is 0 Å². The van der Waals surface area contributed by atoms with E-state index in [-0.39, 0.29) is 18.3 Å². The first-order chi connectivity index (χ1) is 11.8. The lowest BCUT2D eigenvalue weighted by Gasteiger charge is -2.11. The van der Waals surface area contributed by atoms with Gasteiger partial charge in [0.15, 0.2) is 0 Å². The van der Waals surface area contributed by atoms with Crippen LogP contribution in [0, 0.1) is 5.82 Å². The molecule has 0 aliphatic heterocycles. The van der Waals surface area contributed by atoms with Crippen molar-refractivity contribution in [3.8, 4) is 0 Å². The molecule has 0 aliphatic rings. The number of aromatic amines is 1. The third kappa shape index (κ3) is 5.05. The maximum absolute atomic E-state index is 13.0. The van der Waals surface area contributed by atoms with Crippen LogP contribution in [0.1, 0.15) is 68.5 Å². The first-order valence-corrected chi connectivity index (χ1v) is 8.95. The molecule has 0 unspecified atom stereocenters. The molecule has 0 atom stereocenters. The average Bonchev–Trinajstić information content (AvgIpc) is 2.96. The SMILES string of the molecule is CC(C)c1n[nH]c(C(C)C)c1CCC(=O)NCc1ccc(F)cc1Cl. The molecule has 0 bridgehead atoms. The van der Waals surface area contributed by atoms with E-state index < -0.39 is 0 Å². The van der Waals surface area contributed by atoms with Gasteiger partial charge in [-0.15, -0.1) is 0 Å². The highest BCUT2D eigenvalue weighted by molar-refractivity contribution is 6.31. The van der Waals surface area contributed by atoms with Crippen LogP contribution in [0.5, 0.6) is 0 Å². The number of carbonyl (C=O) groups is 1. The molecule has 1 heterocycles. The minimum absolute atomic E-state index is 0.0639. The van der Waals surface area contributed by atoms with Gasteiger partial charge in [-0.1, -0.05) is 45.4 Å². The molecule has 0 saturated heterocycles. The summed E-state index contributed by atoms with van der Waals surface area (Å²) in [5.41, 5.74) is 3.96. The van der Waals surface area contributed by atoms with Crippen LogP contribution in [-0.4, -0.2) is 16.1 Å². The van der Waals surface area contributed by atoms with Crippen LogP contribution >= 0.6 is 11.6 Å². The molecular formula is C19H25ClFN3O. The number of nitrogens with one attached hydrogen (secondary N) is 2. The number of hydrogen-bond acceptors (Lipinski definition) is 2. The van der Waals surface area contributed by atoms with Crippen molar-refractivity contribution in [1.82, 2.24) is 15.5 Å². The molecule has 0 radical (unpaired) electrons. The highest BCUT2D eigenvalue weighted by atomic mass is 35.5. The smallest absolute Gasteiger partial charge is 0.220 e. The van der Waals surface area contributed by atoms with E-state index in [1.54, 1.807) is 6.07 Å². The summed E-state index contributed by atoms with van der Waals surface area (Å²) in [5, 5.41) is 10.7. The Morgan fingerprint density at radius 3 is 2.60 bits per heavy atom. The van der Waals surface area contributed by atoms with E-state index in [1.165, 1.54) is 12.1 Å². The molecule has 2 rings (SSSR count). The fraction of sp³-hybridized carbons (Fsp3) is 0.474. The lowest BCUT2D eigenvalue weighted by Crippen LogP contribution is -2.23. The molecule has 4 nitrogen and oxygen atoms in total. The predicted molar refractivity (Wildman–Crippen MR) is 98.3 cm³/mol. The zero-order valence-electron chi connectivity index (χ0n) is 15.1. The molecule has 0 spiro atoms. The van der Waals surface area contributed by atoms with Gasteiger partial charge in [0.25, 0.3) is 0 Å². The van der Waals surface area contributed by atoms with E-state index in [0.29, 0.717) is 35.3 Å². The maximum Gasteiger partial charge on any atom is 0.220 e. The minimum Gasteiger partial charge on any atom is -0.352 e. The Hall–Kier alpha value is -1.88. The first-order valence-electron chi connectivity index (χ1n) is 8.57. The van der Waals surface area contributed by atoms with Gasteiger partial charge in [-0.3, -0.25) is 9.89 Å². The summed E-state index contributed by atoms with van der Waals surface area (Å²) in [4.78, 5) is 12.2. The molecule has 2 N–H and O–H groups in total. The molecule has 1 amide bonds. The largest absolute Gasteiger partial charge is 0.352 e. The van der Waals surface area contributed by atoms with Crippen molar-refractivity contribution >= 4 is 17.5 Å². The summed E-state index contributed by atoms with van der Waals surface area (Å²) < 4.78 is 13.0. The lowest BCUT2D eigenvalue weighted by atomic mass is 9.95. The molecule has 25 heavy (non-hydrogen) atoms. The van der Waals surface area contributed by atoms with Crippen molar-refractivity contribution < 1.29 is 9.18 Å². The molecule has 2 aromatic rings. The summed E-state index contributed by atoms with van der Waals surface area (Å²) in [5.74, 6) is 0.185. The number of H-pyrrole nitrogens is 1. The standard InChI is InChI=1S/C19H25ClFN3O/c1-11(2)18-15(19(12(3)4)24-23-18)7-8-17(25)22-10-13-5-6-14(21)9-16(13)20/h5-6,9,11-12H,7-8,10H2,1-4H3,(H,22,25)(H,23,24). The van der Waals surface area contributed by atoms with Gasteiger partial charge in [-0.25, -0.2) is 4.39 Å². The Labute approximate surface area is 153 Å². The summed E-state index contributed by atoms with van der Waals surface area (Å²) in [6.07, 6.45) is 1.01. The van der Waals surface area contributed by atoms with Crippen LogP contribution in [0.15, 0.2) is 18.2 Å². The molecule has 6 heteroatoms. The van der Waals surface area contributed by atoms with Gasteiger partial charge in [0.2, 0.25) is 5.91 Å². The van der Waals surface area contributed by atoms with Crippen LogP contribution in [0.3, 0.4) is 0 Å². The summed E-state index contributed by atoms with van der Waals surface area (Å²) in [6, 6.07) is 4.17. The Morgan fingerprint density at radius 2 is 2.00 bits per heavy atom. The highest BCUT2D eigenvalue weighted by Crippen LogP contribution is 2.26. The number of carbonyl (C=O) groups excluding carboxylic acids is 1. The van der Waals surface area contributed by atoms with Gasteiger partial charge in [0, 0.05) is 23.7 Å². The highest BCUT2D eigenvalue weighted by Gasteiger charge is 2.18. The average molecular weight is 366 g/mol. The van der Waals surface area contributed by atoms with Crippen molar-refractivity contribution in [2.24, 2.45) is 0 Å². The summed E-state index contributed by atoms with van der Waals surface area (Å²) in [6.45, 7) is 8.70. The Bertz CT molecular complexity index is 715. The number of benzene rings is 1. The second kappa shape index (κ2) is 8.48. The number of aromatic nitrogens is 2. The molecule has 0 fully saturated rings. The maximum atomic E-state index is 13.0. The third-order valence-corrected chi connectivity index (χ3v) is 4.50. The fourth-order valence-electron chi connectivity index (χ4n) is 2.80.